The molecule has 0 fully saturated rings. The number of ether oxygens (including phenoxy) is 1. The first-order valence-electron chi connectivity index (χ1n) is 9.82. The smallest absolute Gasteiger partial charge is 0.416 e. The number of rotatable bonds is 6. The van der Waals surface area contributed by atoms with E-state index in [9.17, 15) is 27.9 Å². The minimum Gasteiger partial charge on any atom is -0.485 e. The first kappa shape index (κ1) is 23.1. The average molecular weight is 445 g/mol. The summed E-state index contributed by atoms with van der Waals surface area (Å²) in [6, 6.07) is 15.2. The van der Waals surface area contributed by atoms with Gasteiger partial charge in [0.1, 0.15) is 17.4 Å². The number of hydrogen-bond donors (Lipinski definition) is 2. The molecule has 1 amide bonds. The van der Waals surface area contributed by atoms with E-state index in [1.807, 2.05) is 0 Å². The van der Waals surface area contributed by atoms with Gasteiger partial charge < -0.3 is 15.2 Å². The van der Waals surface area contributed by atoms with Crippen LogP contribution in [0, 0.1) is 0 Å². The highest BCUT2D eigenvalue weighted by atomic mass is 19.4. The summed E-state index contributed by atoms with van der Waals surface area (Å²) < 4.78 is 46.5. The van der Waals surface area contributed by atoms with Gasteiger partial charge in [-0.1, -0.05) is 48.5 Å². The maximum Gasteiger partial charge on any atom is 0.416 e. The zero-order valence-corrected chi connectivity index (χ0v) is 17.7. The van der Waals surface area contributed by atoms with Gasteiger partial charge in [0, 0.05) is 10.9 Å². The number of amides is 1. The van der Waals surface area contributed by atoms with E-state index in [-0.39, 0.29) is 16.9 Å². The summed E-state index contributed by atoms with van der Waals surface area (Å²) >= 11 is 0. The average Bonchev–Trinajstić information content (AvgIpc) is 2.72. The zero-order chi connectivity index (χ0) is 23.7. The quantitative estimate of drug-likeness (QED) is 0.519. The highest BCUT2D eigenvalue weighted by Crippen LogP contribution is 2.38. The second-order valence-corrected chi connectivity index (χ2v) is 7.89. The lowest BCUT2D eigenvalue weighted by molar-refractivity contribution is -0.143. The van der Waals surface area contributed by atoms with Crippen LogP contribution in [0.15, 0.2) is 60.7 Å². The Morgan fingerprint density at radius 1 is 0.969 bits per heavy atom. The number of alkyl halides is 3. The minimum absolute atomic E-state index is 0.0226. The fraction of sp³-hybridized carbons (Fsp3) is 0.250. The molecule has 168 valence electrons. The summed E-state index contributed by atoms with van der Waals surface area (Å²) in [7, 11) is 0. The van der Waals surface area contributed by atoms with Crippen molar-refractivity contribution in [2.24, 2.45) is 0 Å². The second kappa shape index (κ2) is 8.53. The molecule has 5 nitrogen and oxygen atoms in total. The Hall–Kier alpha value is -3.55. The van der Waals surface area contributed by atoms with Crippen molar-refractivity contribution in [1.82, 2.24) is 5.32 Å². The van der Waals surface area contributed by atoms with E-state index in [2.05, 4.69) is 5.32 Å². The number of carboxylic acids is 1. The molecule has 0 saturated heterocycles. The molecular formula is C24H22F3NO4. The number of benzene rings is 3. The van der Waals surface area contributed by atoms with E-state index < -0.39 is 35.3 Å². The van der Waals surface area contributed by atoms with Crippen LogP contribution in [0.4, 0.5) is 13.2 Å². The van der Waals surface area contributed by atoms with Crippen LogP contribution in [0.5, 0.6) is 5.75 Å². The van der Waals surface area contributed by atoms with Gasteiger partial charge in [-0.05, 0) is 38.3 Å². The largest absolute Gasteiger partial charge is 0.485 e. The molecule has 0 aliphatic rings. The maximum absolute atomic E-state index is 13.5. The number of carbonyl (C=O) groups is 2. The highest BCUT2D eigenvalue weighted by Gasteiger charge is 2.35. The molecule has 3 aromatic carbocycles. The Kier molecular flexibility index (Phi) is 6.16. The van der Waals surface area contributed by atoms with Gasteiger partial charge in [0.25, 0.3) is 5.91 Å². The van der Waals surface area contributed by atoms with Crippen LogP contribution in [0.3, 0.4) is 0 Å². The monoisotopic (exact) mass is 445 g/mol. The van der Waals surface area contributed by atoms with E-state index >= 15 is 0 Å². The number of aliphatic carboxylic acids is 1. The molecule has 0 aromatic heterocycles. The van der Waals surface area contributed by atoms with Crippen LogP contribution >= 0.6 is 0 Å². The minimum atomic E-state index is -4.57. The van der Waals surface area contributed by atoms with Crippen LogP contribution < -0.4 is 10.1 Å². The van der Waals surface area contributed by atoms with Gasteiger partial charge in [0.05, 0.1) is 11.1 Å². The summed E-state index contributed by atoms with van der Waals surface area (Å²) in [5, 5.41) is 13.0. The Balaban J connectivity index is 2.09. The van der Waals surface area contributed by atoms with Gasteiger partial charge in [-0.15, -0.1) is 0 Å². The standard InChI is InChI=1S/C24H22F3NO4/c1-14(16-9-6-7-11-19(16)24(25,26)27)32-20-17-10-5-4-8-15(17)12-13-18(20)21(29)28-23(2,3)22(30)31/h4-14H,1-3H3,(H,28,29)(H,30,31)/t14-/m0/s1. The molecule has 1 atom stereocenters. The van der Waals surface area contributed by atoms with Gasteiger partial charge >= 0.3 is 12.1 Å². The van der Waals surface area contributed by atoms with Crippen molar-refractivity contribution >= 4 is 22.6 Å². The SMILES string of the molecule is C[C@H](Oc1c(C(=O)NC(C)(C)C(=O)O)ccc2ccccc12)c1ccccc1C(F)(F)F. The predicted octanol–water partition coefficient (Wildman–Crippen LogP) is 5.59. The molecule has 2 N–H and O–H groups in total. The highest BCUT2D eigenvalue weighted by molar-refractivity contribution is 6.05. The van der Waals surface area contributed by atoms with Crippen molar-refractivity contribution in [2.45, 2.75) is 38.6 Å². The molecule has 0 heterocycles. The van der Waals surface area contributed by atoms with Crippen molar-refractivity contribution in [1.29, 1.82) is 0 Å². The number of nitrogens with one attached hydrogen (secondary N) is 1. The third-order valence-corrected chi connectivity index (χ3v) is 5.08. The molecule has 0 aliphatic carbocycles. The summed E-state index contributed by atoms with van der Waals surface area (Å²) in [5.74, 6) is -1.87. The van der Waals surface area contributed by atoms with Crippen molar-refractivity contribution < 1.29 is 32.6 Å². The summed E-state index contributed by atoms with van der Waals surface area (Å²) in [4.78, 5) is 24.4. The zero-order valence-electron chi connectivity index (χ0n) is 17.7. The number of fused-ring (bicyclic) bond motifs is 1. The van der Waals surface area contributed by atoms with Crippen molar-refractivity contribution in [3.8, 4) is 5.75 Å². The number of carboxylic acid groups (broad SMARTS) is 1. The summed E-state index contributed by atoms with van der Waals surface area (Å²) in [6.45, 7) is 4.13. The lowest BCUT2D eigenvalue weighted by atomic mass is 10.0. The Morgan fingerprint density at radius 3 is 2.25 bits per heavy atom. The third-order valence-electron chi connectivity index (χ3n) is 5.08. The molecule has 3 aromatic rings. The first-order chi connectivity index (χ1) is 14.9. The number of carbonyl (C=O) groups excluding carboxylic acids is 1. The Labute approximate surface area is 182 Å². The van der Waals surface area contributed by atoms with Crippen LogP contribution in [0.2, 0.25) is 0 Å². The molecule has 3 rings (SSSR count). The topological polar surface area (TPSA) is 75.6 Å². The molecule has 0 radical (unpaired) electrons. The van der Waals surface area contributed by atoms with Gasteiger partial charge in [-0.2, -0.15) is 13.2 Å². The summed E-state index contributed by atoms with van der Waals surface area (Å²) in [5.41, 5.74) is -2.45. The lowest BCUT2D eigenvalue weighted by Gasteiger charge is -2.24. The normalized spacial score (nSPS) is 12.9. The maximum atomic E-state index is 13.5. The Morgan fingerprint density at radius 2 is 1.59 bits per heavy atom. The molecule has 0 saturated carbocycles. The van der Waals surface area contributed by atoms with E-state index in [1.54, 1.807) is 30.3 Å². The van der Waals surface area contributed by atoms with E-state index in [0.717, 1.165) is 6.07 Å². The van der Waals surface area contributed by atoms with E-state index in [4.69, 9.17) is 4.74 Å². The summed E-state index contributed by atoms with van der Waals surface area (Å²) in [6.07, 6.45) is -5.61. The van der Waals surface area contributed by atoms with E-state index in [1.165, 1.54) is 45.0 Å². The van der Waals surface area contributed by atoms with Crippen LogP contribution in [0.25, 0.3) is 10.8 Å². The van der Waals surface area contributed by atoms with Crippen LogP contribution in [-0.4, -0.2) is 22.5 Å². The molecule has 0 unspecified atom stereocenters. The first-order valence-corrected chi connectivity index (χ1v) is 9.82. The molecule has 0 bridgehead atoms. The van der Waals surface area contributed by atoms with Crippen LogP contribution in [0.1, 0.15) is 48.4 Å². The van der Waals surface area contributed by atoms with Crippen molar-refractivity contribution in [3.05, 3.63) is 77.4 Å². The van der Waals surface area contributed by atoms with E-state index in [0.29, 0.717) is 10.8 Å². The molecule has 8 heteroatoms. The van der Waals surface area contributed by atoms with Crippen molar-refractivity contribution in [2.75, 3.05) is 0 Å². The molecular weight excluding hydrogens is 423 g/mol. The van der Waals surface area contributed by atoms with Crippen LogP contribution in [-0.2, 0) is 11.0 Å². The van der Waals surface area contributed by atoms with Gasteiger partial charge in [0.2, 0.25) is 0 Å². The molecule has 32 heavy (non-hydrogen) atoms. The van der Waals surface area contributed by atoms with Gasteiger partial charge in [-0.25, -0.2) is 4.79 Å². The Bertz CT molecular complexity index is 1170. The third kappa shape index (κ3) is 4.69. The number of hydrogen-bond acceptors (Lipinski definition) is 3. The molecule has 0 spiro atoms. The molecule has 0 aliphatic heterocycles. The fourth-order valence-corrected chi connectivity index (χ4v) is 3.30. The van der Waals surface area contributed by atoms with Gasteiger partial charge in [0.15, 0.2) is 0 Å². The predicted molar refractivity (Wildman–Crippen MR) is 114 cm³/mol. The fourth-order valence-electron chi connectivity index (χ4n) is 3.30. The number of halogens is 3. The van der Waals surface area contributed by atoms with Crippen molar-refractivity contribution in [3.63, 3.8) is 0 Å². The second-order valence-electron chi connectivity index (χ2n) is 7.89. The van der Waals surface area contributed by atoms with Gasteiger partial charge in [-0.3, -0.25) is 4.79 Å². The lowest BCUT2D eigenvalue weighted by Crippen LogP contribution is -2.49.